The number of benzene rings is 2. The van der Waals surface area contributed by atoms with Crippen LogP contribution in [0.4, 0.5) is 5.95 Å². The van der Waals surface area contributed by atoms with Gasteiger partial charge in [0.05, 0.1) is 22.6 Å². The Hall–Kier alpha value is -2.68. The van der Waals surface area contributed by atoms with E-state index in [-0.39, 0.29) is 0 Å². The zero-order chi connectivity index (χ0) is 16.8. The second kappa shape index (κ2) is 5.45. The molecule has 7 heteroatoms. The number of nitrogens with zero attached hydrogens (tertiary/aromatic N) is 3. The van der Waals surface area contributed by atoms with E-state index in [4.69, 9.17) is 28.9 Å². The Morgan fingerprint density at radius 1 is 1.12 bits per heavy atom. The number of anilines is 1. The van der Waals surface area contributed by atoms with Crippen molar-refractivity contribution in [1.29, 1.82) is 5.26 Å². The highest BCUT2D eigenvalue weighted by Crippen LogP contribution is 2.41. The lowest BCUT2D eigenvalue weighted by atomic mass is 9.98. The van der Waals surface area contributed by atoms with Gasteiger partial charge in [0.1, 0.15) is 11.9 Å². The molecule has 1 atom stereocenters. The summed E-state index contributed by atoms with van der Waals surface area (Å²) in [5.74, 6) is 0.870. The summed E-state index contributed by atoms with van der Waals surface area (Å²) in [5.41, 5.74) is 8.86. The molecule has 0 fully saturated rings. The molecule has 5 nitrogen and oxygen atoms in total. The van der Waals surface area contributed by atoms with Gasteiger partial charge in [-0.15, -0.1) is 0 Å². The first kappa shape index (κ1) is 14.9. The summed E-state index contributed by atoms with van der Waals surface area (Å²) >= 11 is 12.6. The summed E-state index contributed by atoms with van der Waals surface area (Å²) in [6, 6.07) is 14.4. The predicted molar refractivity (Wildman–Crippen MR) is 95.6 cm³/mol. The Morgan fingerprint density at radius 3 is 2.54 bits per heavy atom. The van der Waals surface area contributed by atoms with Crippen molar-refractivity contribution in [3.05, 3.63) is 63.6 Å². The fourth-order valence-corrected chi connectivity index (χ4v) is 3.58. The highest BCUT2D eigenvalue weighted by atomic mass is 35.5. The van der Waals surface area contributed by atoms with Crippen molar-refractivity contribution >= 4 is 46.0 Å². The fraction of sp³-hybridized carbons (Fsp3) is 0.0588. The van der Waals surface area contributed by atoms with Crippen LogP contribution in [0.15, 0.2) is 48.0 Å². The maximum absolute atomic E-state index is 9.66. The first-order valence-electron chi connectivity index (χ1n) is 7.20. The van der Waals surface area contributed by atoms with Crippen molar-refractivity contribution in [1.82, 2.24) is 9.55 Å². The second-order valence-electron chi connectivity index (χ2n) is 5.38. The number of para-hydroxylation sites is 2. The van der Waals surface area contributed by atoms with E-state index in [2.05, 4.69) is 16.4 Å². The van der Waals surface area contributed by atoms with E-state index >= 15 is 0 Å². The molecule has 0 saturated carbocycles. The number of nitriles is 1. The maximum atomic E-state index is 9.66. The van der Waals surface area contributed by atoms with E-state index < -0.39 is 6.04 Å². The van der Waals surface area contributed by atoms with Gasteiger partial charge in [0.25, 0.3) is 0 Å². The van der Waals surface area contributed by atoms with E-state index in [1.54, 1.807) is 22.8 Å². The molecule has 2 heterocycles. The molecule has 0 saturated heterocycles. The van der Waals surface area contributed by atoms with Gasteiger partial charge in [-0.1, -0.05) is 41.4 Å². The Bertz CT molecular complexity index is 1020. The molecule has 0 unspecified atom stereocenters. The molecule has 3 aromatic rings. The van der Waals surface area contributed by atoms with E-state index in [9.17, 15) is 5.26 Å². The molecule has 1 aromatic heterocycles. The minimum Gasteiger partial charge on any atom is -0.384 e. The van der Waals surface area contributed by atoms with Crippen LogP contribution in [0.2, 0.25) is 10.0 Å². The van der Waals surface area contributed by atoms with Gasteiger partial charge in [0.2, 0.25) is 5.95 Å². The highest BCUT2D eigenvalue weighted by molar-refractivity contribution is 6.36. The van der Waals surface area contributed by atoms with Gasteiger partial charge in [-0.05, 0) is 24.3 Å². The molecule has 2 aromatic carbocycles. The second-order valence-corrected chi connectivity index (χ2v) is 6.20. The summed E-state index contributed by atoms with van der Waals surface area (Å²) in [6.07, 6.45) is 0. The number of hydrogen-bond donors (Lipinski definition) is 2. The van der Waals surface area contributed by atoms with Crippen molar-refractivity contribution < 1.29 is 0 Å². The van der Waals surface area contributed by atoms with Gasteiger partial charge in [0, 0.05) is 15.6 Å². The van der Waals surface area contributed by atoms with Crippen molar-refractivity contribution in [3.63, 3.8) is 0 Å². The highest BCUT2D eigenvalue weighted by Gasteiger charge is 2.31. The lowest BCUT2D eigenvalue weighted by Gasteiger charge is -2.27. The van der Waals surface area contributed by atoms with Gasteiger partial charge >= 0.3 is 0 Å². The molecule has 0 spiro atoms. The van der Waals surface area contributed by atoms with Crippen molar-refractivity contribution in [2.75, 3.05) is 5.32 Å². The van der Waals surface area contributed by atoms with Crippen LogP contribution in [0.25, 0.3) is 16.9 Å². The molecule has 118 valence electrons. The lowest BCUT2D eigenvalue weighted by Crippen LogP contribution is -2.26. The molecule has 0 aliphatic carbocycles. The zero-order valence-electron chi connectivity index (χ0n) is 12.3. The minimum atomic E-state index is -0.555. The molecule has 1 aliphatic rings. The summed E-state index contributed by atoms with van der Waals surface area (Å²) in [5, 5.41) is 13.8. The third-order valence-corrected chi connectivity index (χ3v) is 4.71. The Labute approximate surface area is 147 Å². The van der Waals surface area contributed by atoms with Crippen LogP contribution < -0.4 is 11.1 Å². The van der Waals surface area contributed by atoms with Gasteiger partial charge in [-0.25, -0.2) is 4.98 Å². The molecule has 0 bridgehead atoms. The molecule has 4 rings (SSSR count). The lowest BCUT2D eigenvalue weighted by molar-refractivity contribution is 0.857. The Balaban J connectivity index is 1.98. The van der Waals surface area contributed by atoms with Crippen molar-refractivity contribution in [2.45, 2.75) is 6.04 Å². The van der Waals surface area contributed by atoms with Gasteiger partial charge in [-0.3, -0.25) is 4.57 Å². The topological polar surface area (TPSA) is 79.7 Å². The number of imidazole rings is 1. The molecule has 24 heavy (non-hydrogen) atoms. The first-order chi connectivity index (χ1) is 11.6. The molecule has 3 N–H and O–H groups in total. The van der Waals surface area contributed by atoms with E-state index in [1.165, 1.54) is 0 Å². The van der Waals surface area contributed by atoms with Gasteiger partial charge in [-0.2, -0.15) is 5.26 Å². The summed E-state index contributed by atoms with van der Waals surface area (Å²) in [6.45, 7) is 0. The zero-order valence-corrected chi connectivity index (χ0v) is 13.8. The maximum Gasteiger partial charge on any atom is 0.210 e. The third-order valence-electron chi connectivity index (χ3n) is 4.05. The summed E-state index contributed by atoms with van der Waals surface area (Å²) in [7, 11) is 0. The molecular formula is C17H11Cl2N5. The Morgan fingerprint density at radius 2 is 1.83 bits per heavy atom. The Kier molecular flexibility index (Phi) is 3.38. The quantitative estimate of drug-likeness (QED) is 0.686. The monoisotopic (exact) mass is 355 g/mol. The van der Waals surface area contributed by atoms with Gasteiger partial charge in [0.15, 0.2) is 0 Å². The average Bonchev–Trinajstić information content (AvgIpc) is 2.93. The van der Waals surface area contributed by atoms with E-state index in [0.29, 0.717) is 33.0 Å². The summed E-state index contributed by atoms with van der Waals surface area (Å²) in [4.78, 5) is 4.55. The number of aromatic nitrogens is 2. The van der Waals surface area contributed by atoms with Crippen LogP contribution >= 0.6 is 23.2 Å². The third kappa shape index (κ3) is 2.04. The van der Waals surface area contributed by atoms with Crippen LogP contribution in [-0.4, -0.2) is 9.55 Å². The average molecular weight is 356 g/mol. The number of fused-ring (bicyclic) bond motifs is 3. The van der Waals surface area contributed by atoms with Crippen LogP contribution in [0.1, 0.15) is 11.6 Å². The molecule has 0 radical (unpaired) electrons. The van der Waals surface area contributed by atoms with Crippen molar-refractivity contribution in [2.24, 2.45) is 5.73 Å². The fourth-order valence-electron chi connectivity index (χ4n) is 2.96. The summed E-state index contributed by atoms with van der Waals surface area (Å²) < 4.78 is 1.73. The smallest absolute Gasteiger partial charge is 0.210 e. The van der Waals surface area contributed by atoms with Crippen molar-refractivity contribution in [3.8, 4) is 6.07 Å². The number of hydrogen-bond acceptors (Lipinski definition) is 4. The van der Waals surface area contributed by atoms with Gasteiger partial charge < -0.3 is 11.1 Å². The number of rotatable bonds is 1. The molecular weight excluding hydrogens is 345 g/mol. The minimum absolute atomic E-state index is 0.320. The normalized spacial score (nSPS) is 16.6. The number of nitrogens with two attached hydrogens (primary N) is 1. The predicted octanol–water partition coefficient (Wildman–Crippen LogP) is 4.16. The largest absolute Gasteiger partial charge is 0.384 e. The van der Waals surface area contributed by atoms with E-state index in [0.717, 1.165) is 11.0 Å². The number of halogens is 2. The van der Waals surface area contributed by atoms with Crippen LogP contribution in [0.3, 0.4) is 0 Å². The van der Waals surface area contributed by atoms with Crippen LogP contribution in [0.5, 0.6) is 0 Å². The van der Waals surface area contributed by atoms with E-state index in [1.807, 2.05) is 24.3 Å². The molecule has 1 aliphatic heterocycles. The SMILES string of the molecule is N#CC1=C(N)n2c(nc3ccccc32)N[C@H]1c1c(Cl)cccc1Cl. The first-order valence-corrected chi connectivity index (χ1v) is 7.95. The number of nitrogens with one attached hydrogen (secondary N) is 1. The van der Waals surface area contributed by atoms with Crippen LogP contribution in [0, 0.1) is 11.3 Å². The standard InChI is InChI=1S/C17H11Cl2N5/c18-10-4-3-5-11(19)14(10)15-9(8-20)16(21)24-13-7-2-1-6-12(13)22-17(24)23-15/h1-7,15H,21H2,(H,22,23)/t15-/m1/s1. The molecule has 0 amide bonds. The van der Waals surface area contributed by atoms with Crippen LogP contribution in [-0.2, 0) is 0 Å².